The van der Waals surface area contributed by atoms with E-state index in [1.165, 1.54) is 11.8 Å². The van der Waals surface area contributed by atoms with Gasteiger partial charge in [-0.3, -0.25) is 24.0 Å². The molecule has 2 aliphatic rings. The molecule has 1 saturated heterocycles. The number of rotatable bonds is 5. The van der Waals surface area contributed by atoms with E-state index in [1.54, 1.807) is 38.1 Å². The van der Waals surface area contributed by atoms with Crippen LogP contribution in [0.15, 0.2) is 30.3 Å². The fraction of sp³-hybridized carbons (Fsp3) is 0.577. The Morgan fingerprint density at radius 3 is 2.22 bits per heavy atom. The van der Waals surface area contributed by atoms with Crippen LogP contribution in [0.5, 0.6) is 0 Å². The van der Waals surface area contributed by atoms with Gasteiger partial charge in [-0.15, -0.1) is 0 Å². The molecule has 1 aromatic carbocycles. The number of carbonyl (C=O) groups is 5. The van der Waals surface area contributed by atoms with Crippen LogP contribution in [0.3, 0.4) is 0 Å². The standard InChI is InChI=1S/C26H37N5O6/c1-15(2)21-25(36)28-19(13-17-7-5-4-6-8-17)23(34)30-22(16(3)32)24(35)27-11-12-31(14-20(33)29-21)26(37)18-9-10-18/h4-8,15-16,18-19,21-22,32H,9-14H2,1-3H3,(H,27,35)(H,28,36)(H,29,33)(H,30,34)/t16-,19+,21-,22+/m1/s1. The molecule has 1 aliphatic carbocycles. The highest BCUT2D eigenvalue weighted by atomic mass is 16.3. The van der Waals surface area contributed by atoms with E-state index in [-0.39, 0.29) is 43.8 Å². The van der Waals surface area contributed by atoms with Crippen molar-refractivity contribution >= 4 is 29.5 Å². The second kappa shape index (κ2) is 12.7. The second-order valence-electron chi connectivity index (χ2n) is 10.1. The zero-order valence-electron chi connectivity index (χ0n) is 21.5. The normalized spacial score (nSPS) is 25.2. The lowest BCUT2D eigenvalue weighted by molar-refractivity contribution is -0.138. The molecule has 11 heteroatoms. The van der Waals surface area contributed by atoms with Crippen LogP contribution < -0.4 is 21.3 Å². The van der Waals surface area contributed by atoms with E-state index in [2.05, 4.69) is 21.3 Å². The molecule has 1 aromatic rings. The number of nitrogens with zero attached hydrogens (tertiary/aromatic N) is 1. The molecule has 1 heterocycles. The highest BCUT2D eigenvalue weighted by molar-refractivity contribution is 5.95. The molecule has 202 valence electrons. The second-order valence-corrected chi connectivity index (χ2v) is 10.1. The van der Waals surface area contributed by atoms with Crippen molar-refractivity contribution in [1.82, 2.24) is 26.2 Å². The van der Waals surface area contributed by atoms with Crippen molar-refractivity contribution in [1.29, 1.82) is 0 Å². The van der Waals surface area contributed by atoms with E-state index in [9.17, 15) is 29.1 Å². The summed E-state index contributed by atoms with van der Waals surface area (Å²) in [4.78, 5) is 66.4. The van der Waals surface area contributed by atoms with Gasteiger partial charge in [0.15, 0.2) is 0 Å². The minimum atomic E-state index is -1.28. The van der Waals surface area contributed by atoms with Gasteiger partial charge in [-0.25, -0.2) is 0 Å². The van der Waals surface area contributed by atoms with Crippen LogP contribution in [-0.4, -0.2) is 83.4 Å². The number of nitrogens with one attached hydrogen (secondary N) is 4. The zero-order chi connectivity index (χ0) is 27.1. The molecule has 4 atom stereocenters. The molecular formula is C26H37N5O6. The minimum Gasteiger partial charge on any atom is -0.391 e. The van der Waals surface area contributed by atoms with E-state index in [0.717, 1.165) is 18.4 Å². The summed E-state index contributed by atoms with van der Waals surface area (Å²) in [7, 11) is 0. The first-order chi connectivity index (χ1) is 17.6. The number of aliphatic hydroxyl groups excluding tert-OH is 1. The topological polar surface area (TPSA) is 157 Å². The molecule has 5 N–H and O–H groups in total. The number of aliphatic hydroxyl groups is 1. The van der Waals surface area contributed by atoms with Crippen LogP contribution >= 0.6 is 0 Å². The lowest BCUT2D eigenvalue weighted by Crippen LogP contribution is -2.60. The summed E-state index contributed by atoms with van der Waals surface area (Å²) in [6.45, 7) is 4.76. The summed E-state index contributed by atoms with van der Waals surface area (Å²) in [6.07, 6.45) is 0.414. The first kappa shape index (κ1) is 28.1. The van der Waals surface area contributed by atoms with Crippen molar-refractivity contribution in [2.45, 2.75) is 64.3 Å². The third-order valence-corrected chi connectivity index (χ3v) is 6.50. The maximum absolute atomic E-state index is 13.3. The summed E-state index contributed by atoms with van der Waals surface area (Å²) in [6, 6.07) is 5.75. The quantitative estimate of drug-likeness (QED) is 0.342. The predicted octanol–water partition coefficient (Wildman–Crippen LogP) is -0.911. The van der Waals surface area contributed by atoms with Crippen molar-refractivity contribution in [2.75, 3.05) is 19.6 Å². The SMILES string of the molecule is CC(C)[C@H]1NC(=O)CN(C(=O)C2CC2)CCNC(=O)[C@H]([C@@H](C)O)NC(=O)[C@H](Cc2ccccc2)NC1=O. The van der Waals surface area contributed by atoms with Crippen molar-refractivity contribution in [3.8, 4) is 0 Å². The van der Waals surface area contributed by atoms with E-state index in [4.69, 9.17) is 0 Å². The number of hydrogen-bond donors (Lipinski definition) is 5. The van der Waals surface area contributed by atoms with Crippen molar-refractivity contribution in [3.63, 3.8) is 0 Å². The number of amides is 5. The van der Waals surface area contributed by atoms with E-state index >= 15 is 0 Å². The molecule has 11 nitrogen and oxygen atoms in total. The van der Waals surface area contributed by atoms with Gasteiger partial charge in [0, 0.05) is 25.4 Å². The van der Waals surface area contributed by atoms with Gasteiger partial charge in [0.2, 0.25) is 29.5 Å². The van der Waals surface area contributed by atoms with Crippen molar-refractivity contribution in [2.24, 2.45) is 11.8 Å². The molecule has 0 unspecified atom stereocenters. The Morgan fingerprint density at radius 1 is 0.946 bits per heavy atom. The molecule has 0 radical (unpaired) electrons. The smallest absolute Gasteiger partial charge is 0.245 e. The fourth-order valence-corrected chi connectivity index (χ4v) is 4.19. The van der Waals surface area contributed by atoms with Crippen LogP contribution in [-0.2, 0) is 30.4 Å². The lowest BCUT2D eigenvalue weighted by Gasteiger charge is -2.27. The molecule has 5 amide bonds. The lowest BCUT2D eigenvalue weighted by atomic mass is 10.0. The Labute approximate surface area is 216 Å². The molecular weight excluding hydrogens is 478 g/mol. The Hall–Kier alpha value is -3.47. The fourth-order valence-electron chi connectivity index (χ4n) is 4.19. The molecule has 0 aromatic heterocycles. The average molecular weight is 516 g/mol. The van der Waals surface area contributed by atoms with Gasteiger partial charge in [0.1, 0.15) is 18.1 Å². The van der Waals surface area contributed by atoms with Gasteiger partial charge in [-0.1, -0.05) is 44.2 Å². The number of carbonyl (C=O) groups excluding carboxylic acids is 5. The summed E-state index contributed by atoms with van der Waals surface area (Å²) < 4.78 is 0. The van der Waals surface area contributed by atoms with Crippen LogP contribution in [0.1, 0.15) is 39.2 Å². The first-order valence-electron chi connectivity index (χ1n) is 12.8. The molecule has 3 rings (SSSR count). The molecule has 1 saturated carbocycles. The zero-order valence-corrected chi connectivity index (χ0v) is 21.5. The number of hydrogen-bond acceptors (Lipinski definition) is 6. The van der Waals surface area contributed by atoms with Gasteiger partial charge in [0.25, 0.3) is 0 Å². The number of benzene rings is 1. The molecule has 2 fully saturated rings. The van der Waals surface area contributed by atoms with Crippen molar-refractivity contribution in [3.05, 3.63) is 35.9 Å². The third-order valence-electron chi connectivity index (χ3n) is 6.50. The summed E-state index contributed by atoms with van der Waals surface area (Å²) in [5, 5.41) is 20.9. The van der Waals surface area contributed by atoms with E-state index in [0.29, 0.717) is 0 Å². The maximum Gasteiger partial charge on any atom is 0.245 e. The van der Waals surface area contributed by atoms with Crippen LogP contribution in [0.4, 0.5) is 0 Å². The van der Waals surface area contributed by atoms with E-state index in [1.807, 2.05) is 6.07 Å². The Bertz CT molecular complexity index is 994. The van der Waals surface area contributed by atoms with Crippen molar-refractivity contribution < 1.29 is 29.1 Å². The molecule has 0 spiro atoms. The Balaban J connectivity index is 1.90. The van der Waals surface area contributed by atoms with Gasteiger partial charge in [0.05, 0.1) is 12.6 Å². The highest BCUT2D eigenvalue weighted by Gasteiger charge is 2.36. The van der Waals surface area contributed by atoms with Crippen LogP contribution in [0, 0.1) is 11.8 Å². The first-order valence-corrected chi connectivity index (χ1v) is 12.8. The van der Waals surface area contributed by atoms with Gasteiger partial charge in [-0.05, 0) is 31.2 Å². The Morgan fingerprint density at radius 2 is 1.62 bits per heavy atom. The van der Waals surface area contributed by atoms with E-state index < -0.39 is 47.9 Å². The largest absolute Gasteiger partial charge is 0.391 e. The molecule has 0 bridgehead atoms. The maximum atomic E-state index is 13.3. The molecule has 1 aliphatic heterocycles. The average Bonchev–Trinajstić information content (AvgIpc) is 3.69. The highest BCUT2D eigenvalue weighted by Crippen LogP contribution is 2.30. The van der Waals surface area contributed by atoms with Gasteiger partial charge >= 0.3 is 0 Å². The van der Waals surface area contributed by atoms with Gasteiger partial charge in [-0.2, -0.15) is 0 Å². The molecule has 37 heavy (non-hydrogen) atoms. The predicted molar refractivity (Wildman–Crippen MR) is 135 cm³/mol. The third kappa shape index (κ3) is 8.01. The summed E-state index contributed by atoms with van der Waals surface area (Å²) >= 11 is 0. The Kier molecular flexibility index (Phi) is 9.62. The van der Waals surface area contributed by atoms with Crippen LogP contribution in [0.2, 0.25) is 0 Å². The van der Waals surface area contributed by atoms with Gasteiger partial charge < -0.3 is 31.3 Å². The summed E-state index contributed by atoms with van der Waals surface area (Å²) in [5.41, 5.74) is 0.776. The van der Waals surface area contributed by atoms with Crippen LogP contribution in [0.25, 0.3) is 0 Å². The monoisotopic (exact) mass is 515 g/mol. The minimum absolute atomic E-state index is 0.0297. The summed E-state index contributed by atoms with van der Waals surface area (Å²) in [5.74, 6) is -2.97.